The van der Waals surface area contributed by atoms with Crippen molar-refractivity contribution in [3.63, 3.8) is 0 Å². The third-order valence-electron chi connectivity index (χ3n) is 3.02. The maximum Gasteiger partial charge on any atom is 0.411 e. The summed E-state index contributed by atoms with van der Waals surface area (Å²) in [4.78, 5) is 19.7. The third kappa shape index (κ3) is 6.72. The summed E-state index contributed by atoms with van der Waals surface area (Å²) in [5, 5.41) is 3.45. The van der Waals surface area contributed by atoms with E-state index in [-0.39, 0.29) is 27.5 Å². The van der Waals surface area contributed by atoms with Crippen LogP contribution in [0.2, 0.25) is 0 Å². The van der Waals surface area contributed by atoms with Gasteiger partial charge in [0.15, 0.2) is 0 Å². The van der Waals surface area contributed by atoms with Gasteiger partial charge in [0, 0.05) is 5.56 Å². The molecule has 0 aliphatic rings. The largest absolute Gasteiger partial charge is 0.481 e. The van der Waals surface area contributed by atoms with E-state index in [1.807, 2.05) is 0 Å². The van der Waals surface area contributed by atoms with E-state index < -0.39 is 35.4 Å². The van der Waals surface area contributed by atoms with Crippen molar-refractivity contribution in [1.29, 1.82) is 0 Å². The maximum atomic E-state index is 12.4. The summed E-state index contributed by atoms with van der Waals surface area (Å²) >= 11 is 0.712. The minimum absolute atomic E-state index is 0.0288. The Morgan fingerprint density at radius 2 is 1.83 bits per heavy atom. The SMILES string of the molecule is COc1cc(OC)nc(NC(=O)NS(=O)(=O)c2sccc2COCC(F)(F)F)n1. The van der Waals surface area contributed by atoms with Gasteiger partial charge in [-0.1, -0.05) is 0 Å². The number of nitrogens with one attached hydrogen (secondary N) is 2. The summed E-state index contributed by atoms with van der Waals surface area (Å²) in [6.45, 7) is -2.14. The van der Waals surface area contributed by atoms with Gasteiger partial charge in [-0.25, -0.2) is 17.9 Å². The second-order valence-electron chi connectivity index (χ2n) is 5.18. The Balaban J connectivity index is 2.08. The van der Waals surface area contributed by atoms with Crippen molar-refractivity contribution in [2.45, 2.75) is 17.0 Å². The molecule has 160 valence electrons. The third-order valence-corrected chi connectivity index (χ3v) is 5.92. The number of hydrogen-bond donors (Lipinski definition) is 2. The van der Waals surface area contributed by atoms with Crippen molar-refractivity contribution in [3.05, 3.63) is 23.1 Å². The lowest BCUT2D eigenvalue weighted by atomic mass is 10.4. The molecule has 2 amide bonds. The van der Waals surface area contributed by atoms with Crippen LogP contribution in [0.5, 0.6) is 11.8 Å². The molecule has 0 unspecified atom stereocenters. The highest BCUT2D eigenvalue weighted by molar-refractivity contribution is 7.92. The number of thiophene rings is 1. The van der Waals surface area contributed by atoms with E-state index in [0.717, 1.165) is 0 Å². The van der Waals surface area contributed by atoms with Crippen molar-refractivity contribution >= 4 is 33.3 Å². The molecule has 2 rings (SSSR count). The van der Waals surface area contributed by atoms with Gasteiger partial charge >= 0.3 is 12.2 Å². The summed E-state index contributed by atoms with van der Waals surface area (Å²) in [6.07, 6.45) is -4.55. The number of aromatic nitrogens is 2. The van der Waals surface area contributed by atoms with Gasteiger partial charge in [-0.2, -0.15) is 23.1 Å². The fourth-order valence-electron chi connectivity index (χ4n) is 1.91. The minimum Gasteiger partial charge on any atom is -0.481 e. The van der Waals surface area contributed by atoms with Gasteiger partial charge in [0.05, 0.1) is 26.9 Å². The molecular weight excluding hydrogens is 441 g/mol. The number of urea groups is 1. The predicted molar refractivity (Wildman–Crippen MR) is 94.5 cm³/mol. The second kappa shape index (κ2) is 9.23. The van der Waals surface area contributed by atoms with Gasteiger partial charge in [0.2, 0.25) is 17.7 Å². The first-order valence-electron chi connectivity index (χ1n) is 7.56. The molecular formula is C14H15F3N4O6S2. The zero-order chi connectivity index (χ0) is 21.7. The van der Waals surface area contributed by atoms with Gasteiger partial charge in [-0.3, -0.25) is 5.32 Å². The number of sulfonamides is 1. The molecule has 0 aliphatic heterocycles. The van der Waals surface area contributed by atoms with Crippen LogP contribution in [0, 0.1) is 0 Å². The van der Waals surface area contributed by atoms with Crippen LogP contribution in [-0.2, 0) is 21.4 Å². The first-order chi connectivity index (χ1) is 13.5. The van der Waals surface area contributed by atoms with Crippen LogP contribution < -0.4 is 19.5 Å². The number of rotatable bonds is 8. The lowest BCUT2D eigenvalue weighted by Gasteiger charge is -2.10. The zero-order valence-electron chi connectivity index (χ0n) is 14.9. The molecule has 0 radical (unpaired) electrons. The van der Waals surface area contributed by atoms with Crippen LogP contribution in [0.1, 0.15) is 5.56 Å². The molecule has 0 saturated heterocycles. The van der Waals surface area contributed by atoms with E-state index in [0.29, 0.717) is 11.3 Å². The molecule has 0 bridgehead atoms. The van der Waals surface area contributed by atoms with Gasteiger partial charge in [0.1, 0.15) is 10.8 Å². The molecule has 2 aromatic rings. The molecule has 0 fully saturated rings. The van der Waals surface area contributed by atoms with E-state index in [1.54, 1.807) is 4.72 Å². The van der Waals surface area contributed by atoms with Crippen LogP contribution >= 0.6 is 11.3 Å². The van der Waals surface area contributed by atoms with Crippen LogP contribution in [0.15, 0.2) is 21.7 Å². The number of nitrogens with zero attached hydrogens (tertiary/aromatic N) is 2. The van der Waals surface area contributed by atoms with Crippen LogP contribution in [0.25, 0.3) is 0 Å². The minimum atomic E-state index is -4.55. The molecule has 0 spiro atoms. The number of carbonyl (C=O) groups is 1. The molecule has 0 atom stereocenters. The molecule has 0 aromatic carbocycles. The van der Waals surface area contributed by atoms with Gasteiger partial charge in [-0.05, 0) is 11.4 Å². The van der Waals surface area contributed by atoms with Crippen LogP contribution in [0.4, 0.5) is 23.9 Å². The Kier molecular flexibility index (Phi) is 7.21. The van der Waals surface area contributed by atoms with Gasteiger partial charge in [0.25, 0.3) is 10.0 Å². The van der Waals surface area contributed by atoms with E-state index >= 15 is 0 Å². The summed E-state index contributed by atoms with van der Waals surface area (Å²) in [5.41, 5.74) is -0.0288. The van der Waals surface area contributed by atoms with Crippen molar-refractivity contribution in [2.75, 3.05) is 26.1 Å². The maximum absolute atomic E-state index is 12.4. The highest BCUT2D eigenvalue weighted by atomic mass is 32.2. The Labute approximate surface area is 167 Å². The lowest BCUT2D eigenvalue weighted by Crippen LogP contribution is -2.35. The first-order valence-corrected chi connectivity index (χ1v) is 9.92. The fourth-order valence-corrected chi connectivity index (χ4v) is 4.20. The van der Waals surface area contributed by atoms with Gasteiger partial charge in [-0.15, -0.1) is 11.3 Å². The van der Waals surface area contributed by atoms with E-state index in [4.69, 9.17) is 9.47 Å². The molecule has 2 aromatic heterocycles. The smallest absolute Gasteiger partial charge is 0.411 e. The summed E-state index contributed by atoms with van der Waals surface area (Å²) in [7, 11) is -1.76. The quantitative estimate of drug-likeness (QED) is 0.618. The highest BCUT2D eigenvalue weighted by Crippen LogP contribution is 2.25. The standard InChI is InChI=1S/C14H15F3N4O6S2/c1-25-9-5-10(26-2)19-12(18-9)20-13(22)21-29(23,24)11-8(3-4-28-11)6-27-7-14(15,16)17/h3-5H,6-7H2,1-2H3,(H2,18,19,20,21,22). The highest BCUT2D eigenvalue weighted by Gasteiger charge is 2.28. The van der Waals surface area contributed by atoms with Gasteiger partial charge < -0.3 is 14.2 Å². The number of hydrogen-bond acceptors (Lipinski definition) is 9. The number of ether oxygens (including phenoxy) is 3. The molecule has 2 N–H and O–H groups in total. The van der Waals surface area contributed by atoms with E-state index in [9.17, 15) is 26.4 Å². The number of alkyl halides is 3. The number of anilines is 1. The molecule has 10 nitrogen and oxygen atoms in total. The van der Waals surface area contributed by atoms with Crippen molar-refractivity contribution in [1.82, 2.24) is 14.7 Å². The predicted octanol–water partition coefficient (Wildman–Crippen LogP) is 2.14. The Morgan fingerprint density at radius 3 is 2.38 bits per heavy atom. The summed E-state index contributed by atoms with van der Waals surface area (Å²) in [5.74, 6) is -0.191. The summed E-state index contributed by atoms with van der Waals surface area (Å²) < 4.78 is 76.9. The zero-order valence-corrected chi connectivity index (χ0v) is 16.6. The topological polar surface area (TPSA) is 129 Å². The average Bonchev–Trinajstić information content (AvgIpc) is 3.09. The van der Waals surface area contributed by atoms with Crippen LogP contribution in [-0.4, -0.2) is 51.4 Å². The first kappa shape index (κ1) is 22.6. The monoisotopic (exact) mass is 456 g/mol. The Morgan fingerprint density at radius 1 is 1.21 bits per heavy atom. The van der Waals surface area contributed by atoms with E-state index in [1.165, 1.54) is 31.7 Å². The number of halogens is 3. The average molecular weight is 456 g/mol. The Hall–Kier alpha value is -2.65. The molecule has 29 heavy (non-hydrogen) atoms. The van der Waals surface area contributed by atoms with Crippen molar-refractivity contribution < 1.29 is 40.6 Å². The van der Waals surface area contributed by atoms with Crippen molar-refractivity contribution in [2.24, 2.45) is 0 Å². The number of amides is 2. The normalized spacial score (nSPS) is 11.8. The molecule has 2 heterocycles. The number of carbonyl (C=O) groups excluding carboxylic acids is 1. The molecule has 0 saturated carbocycles. The second-order valence-corrected chi connectivity index (χ2v) is 7.97. The number of methoxy groups -OCH3 is 2. The summed E-state index contributed by atoms with van der Waals surface area (Å²) in [6, 6.07) is 1.42. The van der Waals surface area contributed by atoms with E-state index in [2.05, 4.69) is 20.0 Å². The van der Waals surface area contributed by atoms with Crippen molar-refractivity contribution in [3.8, 4) is 11.8 Å². The lowest BCUT2D eigenvalue weighted by molar-refractivity contribution is -0.176. The Bertz CT molecular complexity index is 942. The van der Waals surface area contributed by atoms with Crippen LogP contribution in [0.3, 0.4) is 0 Å². The fraction of sp³-hybridized carbons (Fsp3) is 0.357. The molecule has 15 heteroatoms. The molecule has 0 aliphatic carbocycles.